The van der Waals surface area contributed by atoms with E-state index in [0.717, 1.165) is 5.75 Å². The molecule has 21 heavy (non-hydrogen) atoms. The van der Waals surface area contributed by atoms with Gasteiger partial charge in [0.25, 0.3) is 0 Å². The second kappa shape index (κ2) is 8.84. The number of carbonyl (C=O) groups excluding carboxylic acids is 1. The van der Waals surface area contributed by atoms with E-state index in [0.29, 0.717) is 19.6 Å². The summed E-state index contributed by atoms with van der Waals surface area (Å²) in [5.41, 5.74) is 0. The summed E-state index contributed by atoms with van der Waals surface area (Å²) in [6.45, 7) is 4.19. The van der Waals surface area contributed by atoms with Gasteiger partial charge < -0.3 is 20.1 Å². The number of hydrogen-bond donors (Lipinski definition) is 2. The predicted octanol–water partition coefficient (Wildman–Crippen LogP) is 1.96. The van der Waals surface area contributed by atoms with Crippen LogP contribution in [0.4, 0.5) is 4.79 Å². The molecule has 0 aliphatic rings. The standard InChI is InChI=1S/C15H22N2O4/c1-12(2)17(11-14(18)19)15(20)16-9-6-10-21-13-7-4-3-5-8-13/h3-5,7-8,12H,6,9-11H2,1-2H3,(H,16,20)(H,18,19). The fraction of sp³-hybridized carbons (Fsp3) is 0.467. The fourth-order valence-electron chi connectivity index (χ4n) is 1.71. The second-order valence-electron chi connectivity index (χ2n) is 4.86. The molecule has 0 saturated heterocycles. The van der Waals surface area contributed by atoms with Crippen molar-refractivity contribution in [3.63, 3.8) is 0 Å². The highest BCUT2D eigenvalue weighted by molar-refractivity contribution is 5.80. The molecule has 6 nitrogen and oxygen atoms in total. The number of carboxylic acids is 1. The van der Waals surface area contributed by atoms with Crippen molar-refractivity contribution in [3.05, 3.63) is 30.3 Å². The van der Waals surface area contributed by atoms with Crippen molar-refractivity contribution in [3.8, 4) is 5.75 Å². The summed E-state index contributed by atoms with van der Waals surface area (Å²) in [6.07, 6.45) is 0.652. The van der Waals surface area contributed by atoms with Gasteiger partial charge in [0.1, 0.15) is 12.3 Å². The molecule has 116 valence electrons. The van der Waals surface area contributed by atoms with E-state index in [1.54, 1.807) is 13.8 Å². The van der Waals surface area contributed by atoms with Gasteiger partial charge in [-0.15, -0.1) is 0 Å². The van der Waals surface area contributed by atoms with Gasteiger partial charge >= 0.3 is 12.0 Å². The lowest BCUT2D eigenvalue weighted by Gasteiger charge is -2.25. The van der Waals surface area contributed by atoms with Crippen LogP contribution in [0.15, 0.2) is 30.3 Å². The monoisotopic (exact) mass is 294 g/mol. The van der Waals surface area contributed by atoms with Gasteiger partial charge in [0, 0.05) is 12.6 Å². The zero-order valence-corrected chi connectivity index (χ0v) is 12.4. The van der Waals surface area contributed by atoms with Gasteiger partial charge in [0.05, 0.1) is 6.61 Å². The number of aliphatic carboxylic acids is 1. The molecule has 0 bridgehead atoms. The molecule has 2 amide bonds. The molecule has 0 aromatic heterocycles. The molecule has 0 aliphatic carbocycles. The number of rotatable bonds is 8. The van der Waals surface area contributed by atoms with E-state index >= 15 is 0 Å². The first-order chi connectivity index (χ1) is 10.0. The summed E-state index contributed by atoms with van der Waals surface area (Å²) < 4.78 is 5.50. The Balaban J connectivity index is 2.24. The molecule has 0 spiro atoms. The van der Waals surface area contributed by atoms with Crippen molar-refractivity contribution >= 4 is 12.0 Å². The van der Waals surface area contributed by atoms with E-state index in [4.69, 9.17) is 9.84 Å². The summed E-state index contributed by atoms with van der Waals surface area (Å²) in [5, 5.41) is 11.5. The first-order valence-corrected chi connectivity index (χ1v) is 6.95. The summed E-state index contributed by atoms with van der Waals surface area (Å²) in [7, 11) is 0. The van der Waals surface area contributed by atoms with Gasteiger partial charge in [0.2, 0.25) is 0 Å². The van der Waals surface area contributed by atoms with Crippen LogP contribution in [-0.2, 0) is 4.79 Å². The average Bonchev–Trinajstić information content (AvgIpc) is 2.44. The summed E-state index contributed by atoms with van der Waals surface area (Å²) >= 11 is 0. The Morgan fingerprint density at radius 2 is 1.95 bits per heavy atom. The highest BCUT2D eigenvalue weighted by atomic mass is 16.5. The quantitative estimate of drug-likeness (QED) is 0.718. The van der Waals surface area contributed by atoms with Crippen LogP contribution in [0.1, 0.15) is 20.3 Å². The molecular formula is C15H22N2O4. The maximum absolute atomic E-state index is 11.9. The first kappa shape index (κ1) is 16.8. The Hall–Kier alpha value is -2.24. The molecule has 0 fully saturated rings. The lowest BCUT2D eigenvalue weighted by molar-refractivity contribution is -0.138. The van der Waals surface area contributed by atoms with Gasteiger partial charge in [-0.1, -0.05) is 18.2 Å². The number of carboxylic acid groups (broad SMARTS) is 1. The summed E-state index contributed by atoms with van der Waals surface area (Å²) in [5.74, 6) is -0.232. The number of urea groups is 1. The van der Waals surface area contributed by atoms with E-state index in [1.165, 1.54) is 4.90 Å². The van der Waals surface area contributed by atoms with Crippen LogP contribution < -0.4 is 10.1 Å². The van der Waals surface area contributed by atoms with Crippen LogP contribution in [0.3, 0.4) is 0 Å². The van der Waals surface area contributed by atoms with Crippen molar-refractivity contribution in [2.45, 2.75) is 26.3 Å². The smallest absolute Gasteiger partial charge is 0.323 e. The average molecular weight is 294 g/mol. The molecular weight excluding hydrogens is 272 g/mol. The van der Waals surface area contributed by atoms with Crippen LogP contribution in [0, 0.1) is 0 Å². The number of ether oxygens (including phenoxy) is 1. The third-order valence-corrected chi connectivity index (χ3v) is 2.80. The van der Waals surface area contributed by atoms with Gasteiger partial charge in [-0.2, -0.15) is 0 Å². The SMILES string of the molecule is CC(C)N(CC(=O)O)C(=O)NCCCOc1ccccc1. The van der Waals surface area contributed by atoms with E-state index < -0.39 is 5.97 Å². The summed E-state index contributed by atoms with van der Waals surface area (Å²) in [4.78, 5) is 23.9. The fourth-order valence-corrected chi connectivity index (χ4v) is 1.71. The molecule has 6 heteroatoms. The van der Waals surface area contributed by atoms with E-state index in [1.807, 2.05) is 30.3 Å². The van der Waals surface area contributed by atoms with Crippen LogP contribution in [0.25, 0.3) is 0 Å². The van der Waals surface area contributed by atoms with Crippen molar-refractivity contribution in [1.82, 2.24) is 10.2 Å². The number of nitrogens with one attached hydrogen (secondary N) is 1. The second-order valence-corrected chi connectivity index (χ2v) is 4.86. The van der Waals surface area contributed by atoms with Gasteiger partial charge in [-0.25, -0.2) is 4.79 Å². The molecule has 0 unspecified atom stereocenters. The van der Waals surface area contributed by atoms with E-state index in [-0.39, 0.29) is 18.6 Å². The Kier molecular flexibility index (Phi) is 7.08. The van der Waals surface area contributed by atoms with Crippen molar-refractivity contribution < 1.29 is 19.4 Å². The Morgan fingerprint density at radius 1 is 1.29 bits per heavy atom. The third kappa shape index (κ3) is 6.65. The molecule has 2 N–H and O–H groups in total. The number of amides is 2. The minimum Gasteiger partial charge on any atom is -0.494 e. The van der Waals surface area contributed by atoms with Crippen molar-refractivity contribution in [2.24, 2.45) is 0 Å². The molecule has 0 atom stereocenters. The maximum Gasteiger partial charge on any atom is 0.323 e. The number of carbonyl (C=O) groups is 2. The van der Waals surface area contributed by atoms with Crippen molar-refractivity contribution in [2.75, 3.05) is 19.7 Å². The minimum atomic E-state index is -1.02. The normalized spacial score (nSPS) is 10.2. The largest absolute Gasteiger partial charge is 0.494 e. The number of para-hydroxylation sites is 1. The van der Waals surface area contributed by atoms with Gasteiger partial charge in [-0.3, -0.25) is 4.79 Å². The summed E-state index contributed by atoms with van der Waals surface area (Å²) in [6, 6.07) is 8.90. The highest BCUT2D eigenvalue weighted by Crippen LogP contribution is 2.08. The number of hydrogen-bond acceptors (Lipinski definition) is 3. The molecule has 0 heterocycles. The zero-order valence-electron chi connectivity index (χ0n) is 12.4. The lowest BCUT2D eigenvalue weighted by atomic mass is 10.3. The Morgan fingerprint density at radius 3 is 2.52 bits per heavy atom. The predicted molar refractivity (Wildman–Crippen MR) is 79.4 cm³/mol. The number of benzene rings is 1. The highest BCUT2D eigenvalue weighted by Gasteiger charge is 2.18. The molecule has 1 aromatic rings. The Labute approximate surface area is 124 Å². The third-order valence-electron chi connectivity index (χ3n) is 2.80. The van der Waals surface area contributed by atoms with Crippen LogP contribution in [-0.4, -0.2) is 47.7 Å². The lowest BCUT2D eigenvalue weighted by Crippen LogP contribution is -2.46. The van der Waals surface area contributed by atoms with Crippen LogP contribution >= 0.6 is 0 Å². The Bertz CT molecular complexity index is 448. The van der Waals surface area contributed by atoms with E-state index in [2.05, 4.69) is 5.32 Å². The van der Waals surface area contributed by atoms with Crippen LogP contribution in [0.5, 0.6) is 5.75 Å². The van der Waals surface area contributed by atoms with Crippen LogP contribution in [0.2, 0.25) is 0 Å². The minimum absolute atomic E-state index is 0.165. The molecule has 0 radical (unpaired) electrons. The van der Waals surface area contributed by atoms with Gasteiger partial charge in [0.15, 0.2) is 0 Å². The number of nitrogens with zero attached hydrogens (tertiary/aromatic N) is 1. The molecule has 1 rings (SSSR count). The molecule has 0 aliphatic heterocycles. The zero-order chi connectivity index (χ0) is 15.7. The molecule has 1 aromatic carbocycles. The van der Waals surface area contributed by atoms with Gasteiger partial charge in [-0.05, 0) is 32.4 Å². The topological polar surface area (TPSA) is 78.9 Å². The van der Waals surface area contributed by atoms with E-state index in [9.17, 15) is 9.59 Å². The molecule has 0 saturated carbocycles. The van der Waals surface area contributed by atoms with Crippen molar-refractivity contribution in [1.29, 1.82) is 0 Å². The first-order valence-electron chi connectivity index (χ1n) is 6.95. The maximum atomic E-state index is 11.9.